The Labute approximate surface area is 221 Å². The van der Waals surface area contributed by atoms with E-state index in [1.165, 1.54) is 24.4 Å². The molecule has 0 fully saturated rings. The molecule has 5 rings (SSSR count). The van der Waals surface area contributed by atoms with Gasteiger partial charge >= 0.3 is 6.03 Å². The lowest BCUT2D eigenvalue weighted by molar-refractivity contribution is 0.240. The quantitative estimate of drug-likeness (QED) is 0.288. The summed E-state index contributed by atoms with van der Waals surface area (Å²) in [4.78, 5) is 19.0. The molecule has 4 aromatic rings. The van der Waals surface area contributed by atoms with Crippen molar-refractivity contribution >= 4 is 46.2 Å². The molecule has 0 atom stereocenters. The van der Waals surface area contributed by atoms with Crippen LogP contribution in [0.25, 0.3) is 17.0 Å². The topological polar surface area (TPSA) is 50.2 Å². The summed E-state index contributed by atoms with van der Waals surface area (Å²) in [6, 6.07) is 9.44. The summed E-state index contributed by atoms with van der Waals surface area (Å²) in [5.74, 6) is -1.86. The minimum atomic E-state index is -0.620. The predicted molar refractivity (Wildman–Crippen MR) is 138 cm³/mol. The zero-order chi connectivity index (χ0) is 26.1. The smallest absolute Gasteiger partial charge is 0.326 e. The van der Waals surface area contributed by atoms with Crippen molar-refractivity contribution in [2.45, 2.75) is 19.5 Å². The average Bonchev–Trinajstić information content (AvgIpc) is 3.17. The highest BCUT2D eigenvalue weighted by atomic mass is 35.5. The third-order valence-corrected chi connectivity index (χ3v) is 7.05. The van der Waals surface area contributed by atoms with Gasteiger partial charge in [0.1, 0.15) is 11.6 Å². The standard InChI is InChI=1S/C27H21Cl2F3N4O/c28-21-12-19-20-15-35(8-1-2-17-3-4-18(30)11-23(17)31)9-6-24(20)36(25(19)13-22(21)29)27(37)34-14-16-5-7-33-26(32)10-16/h1-5,7,10-13H,6,8-9,14-15H2,(H,34,37). The van der Waals surface area contributed by atoms with E-state index in [1.54, 1.807) is 28.8 Å². The first-order valence-electron chi connectivity index (χ1n) is 11.5. The number of benzene rings is 2. The van der Waals surface area contributed by atoms with E-state index in [1.807, 2.05) is 6.08 Å². The maximum atomic E-state index is 13.9. The van der Waals surface area contributed by atoms with Gasteiger partial charge in [0.2, 0.25) is 5.95 Å². The third-order valence-electron chi connectivity index (χ3n) is 6.33. The molecule has 1 aliphatic heterocycles. The summed E-state index contributed by atoms with van der Waals surface area (Å²) in [5.41, 5.74) is 3.32. The van der Waals surface area contributed by atoms with E-state index in [2.05, 4.69) is 15.2 Å². The number of amides is 1. The Bertz CT molecular complexity index is 1540. The predicted octanol–water partition coefficient (Wildman–Crippen LogP) is 6.59. The van der Waals surface area contributed by atoms with Gasteiger partial charge < -0.3 is 5.32 Å². The number of pyridine rings is 1. The fourth-order valence-electron chi connectivity index (χ4n) is 4.57. The van der Waals surface area contributed by atoms with Crippen LogP contribution in [0.15, 0.2) is 54.7 Å². The number of carbonyl (C=O) groups is 1. The van der Waals surface area contributed by atoms with Crippen LogP contribution < -0.4 is 5.32 Å². The molecule has 37 heavy (non-hydrogen) atoms. The lowest BCUT2D eigenvalue weighted by atomic mass is 10.0. The summed E-state index contributed by atoms with van der Waals surface area (Å²) in [5, 5.41) is 4.37. The molecule has 10 heteroatoms. The maximum absolute atomic E-state index is 13.9. The Kier molecular flexibility index (Phi) is 7.24. The monoisotopic (exact) mass is 544 g/mol. The van der Waals surface area contributed by atoms with Gasteiger partial charge in [-0.1, -0.05) is 35.4 Å². The number of carbonyl (C=O) groups excluding carboxylic acids is 1. The van der Waals surface area contributed by atoms with Crippen molar-refractivity contribution in [1.29, 1.82) is 0 Å². The van der Waals surface area contributed by atoms with Crippen LogP contribution in [-0.2, 0) is 19.5 Å². The minimum Gasteiger partial charge on any atom is -0.333 e. The number of hydrogen-bond acceptors (Lipinski definition) is 3. The van der Waals surface area contributed by atoms with Gasteiger partial charge in [-0.05, 0) is 47.5 Å². The van der Waals surface area contributed by atoms with E-state index in [9.17, 15) is 18.0 Å². The van der Waals surface area contributed by atoms with Crippen molar-refractivity contribution in [2.24, 2.45) is 0 Å². The molecule has 0 bridgehead atoms. The number of halogens is 5. The zero-order valence-electron chi connectivity index (χ0n) is 19.4. The molecular weight excluding hydrogens is 524 g/mol. The molecule has 0 aliphatic carbocycles. The molecule has 5 nitrogen and oxygen atoms in total. The van der Waals surface area contributed by atoms with Gasteiger partial charge in [-0.2, -0.15) is 4.39 Å². The highest BCUT2D eigenvalue weighted by Gasteiger charge is 2.27. The summed E-state index contributed by atoms with van der Waals surface area (Å²) in [6.45, 7) is 1.86. The summed E-state index contributed by atoms with van der Waals surface area (Å²) >= 11 is 12.6. The van der Waals surface area contributed by atoms with Gasteiger partial charge in [-0.3, -0.25) is 9.47 Å². The van der Waals surface area contributed by atoms with E-state index < -0.39 is 17.6 Å². The first-order valence-corrected chi connectivity index (χ1v) is 12.3. The molecule has 2 aromatic carbocycles. The number of fused-ring (bicyclic) bond motifs is 3. The fourth-order valence-corrected chi connectivity index (χ4v) is 4.89. The molecular formula is C27H21Cl2F3N4O. The van der Waals surface area contributed by atoms with Crippen LogP contribution in [0.5, 0.6) is 0 Å². The lowest BCUT2D eigenvalue weighted by Gasteiger charge is -2.27. The van der Waals surface area contributed by atoms with Crippen LogP contribution in [0, 0.1) is 17.6 Å². The molecule has 1 amide bonds. The average molecular weight is 545 g/mol. The van der Waals surface area contributed by atoms with Crippen LogP contribution in [0.1, 0.15) is 22.4 Å². The number of nitrogens with one attached hydrogen (secondary N) is 1. The van der Waals surface area contributed by atoms with E-state index in [4.69, 9.17) is 23.2 Å². The van der Waals surface area contributed by atoms with Crippen LogP contribution in [0.4, 0.5) is 18.0 Å². The van der Waals surface area contributed by atoms with Crippen LogP contribution in [0.3, 0.4) is 0 Å². The van der Waals surface area contributed by atoms with Crippen molar-refractivity contribution in [3.8, 4) is 0 Å². The van der Waals surface area contributed by atoms with E-state index in [-0.39, 0.29) is 12.6 Å². The molecule has 0 radical (unpaired) electrons. The number of rotatable bonds is 5. The second-order valence-electron chi connectivity index (χ2n) is 8.74. The second kappa shape index (κ2) is 10.6. The number of nitrogens with zero attached hydrogens (tertiary/aromatic N) is 3. The van der Waals surface area contributed by atoms with E-state index >= 15 is 0 Å². The van der Waals surface area contributed by atoms with Gasteiger partial charge in [-0.15, -0.1) is 0 Å². The van der Waals surface area contributed by atoms with E-state index in [0.717, 1.165) is 22.7 Å². The van der Waals surface area contributed by atoms with Crippen molar-refractivity contribution in [2.75, 3.05) is 13.1 Å². The summed E-state index contributed by atoms with van der Waals surface area (Å²) in [7, 11) is 0. The van der Waals surface area contributed by atoms with Gasteiger partial charge in [0, 0.05) is 61.5 Å². The molecule has 0 spiro atoms. The SMILES string of the molecule is O=C(NCc1ccnc(F)c1)n1c2c(c3cc(Cl)c(Cl)cc31)CN(CC=Cc1ccc(F)cc1F)CC2. The number of aromatic nitrogens is 2. The van der Waals surface area contributed by atoms with Crippen LogP contribution >= 0.6 is 23.2 Å². The lowest BCUT2D eigenvalue weighted by Crippen LogP contribution is -2.34. The van der Waals surface area contributed by atoms with Gasteiger partial charge in [0.15, 0.2) is 0 Å². The molecule has 0 unspecified atom stereocenters. The largest absolute Gasteiger partial charge is 0.333 e. The first kappa shape index (κ1) is 25.3. The molecule has 1 N–H and O–H groups in total. The van der Waals surface area contributed by atoms with Crippen LogP contribution in [-0.4, -0.2) is 33.6 Å². The van der Waals surface area contributed by atoms with E-state index in [0.29, 0.717) is 52.7 Å². The normalized spacial score (nSPS) is 13.9. The van der Waals surface area contributed by atoms with Crippen molar-refractivity contribution in [3.63, 3.8) is 0 Å². The first-order chi connectivity index (χ1) is 17.8. The highest BCUT2D eigenvalue weighted by Crippen LogP contribution is 2.36. The summed E-state index contributed by atoms with van der Waals surface area (Å²) < 4.78 is 42.1. The van der Waals surface area contributed by atoms with Crippen molar-refractivity contribution in [3.05, 3.63) is 105 Å². The molecule has 1 aliphatic rings. The highest BCUT2D eigenvalue weighted by molar-refractivity contribution is 6.42. The molecule has 2 aromatic heterocycles. The maximum Gasteiger partial charge on any atom is 0.326 e. The molecule has 190 valence electrons. The molecule has 0 saturated heterocycles. The third kappa shape index (κ3) is 5.37. The Morgan fingerprint density at radius 2 is 1.89 bits per heavy atom. The van der Waals surface area contributed by atoms with Gasteiger partial charge in [0.25, 0.3) is 0 Å². The summed E-state index contributed by atoms with van der Waals surface area (Å²) in [6.07, 6.45) is 5.37. The fraction of sp³-hybridized carbons (Fsp3) is 0.185. The Morgan fingerprint density at radius 1 is 1.08 bits per heavy atom. The molecule has 3 heterocycles. The zero-order valence-corrected chi connectivity index (χ0v) is 21.0. The Balaban J connectivity index is 1.40. The van der Waals surface area contributed by atoms with Crippen LogP contribution in [0.2, 0.25) is 10.0 Å². The van der Waals surface area contributed by atoms with Gasteiger partial charge in [-0.25, -0.2) is 18.6 Å². The Morgan fingerprint density at radius 3 is 2.68 bits per heavy atom. The molecule has 0 saturated carbocycles. The second-order valence-corrected chi connectivity index (χ2v) is 9.56. The van der Waals surface area contributed by atoms with Crippen molar-refractivity contribution in [1.82, 2.24) is 19.8 Å². The number of hydrogen-bond donors (Lipinski definition) is 1. The minimum absolute atomic E-state index is 0.130. The van der Waals surface area contributed by atoms with Gasteiger partial charge in [0.05, 0.1) is 15.6 Å². The van der Waals surface area contributed by atoms with Crippen molar-refractivity contribution < 1.29 is 18.0 Å². The Hall–Kier alpha value is -3.33.